The fourth-order valence-corrected chi connectivity index (χ4v) is 6.02. The molecule has 0 saturated carbocycles. The van der Waals surface area contributed by atoms with E-state index < -0.39 is 0 Å². The van der Waals surface area contributed by atoms with Gasteiger partial charge >= 0.3 is 0 Å². The van der Waals surface area contributed by atoms with Crippen LogP contribution in [0.1, 0.15) is 34.5 Å². The highest BCUT2D eigenvalue weighted by atomic mass is 32.2. The molecule has 0 spiro atoms. The number of fused-ring (bicyclic) bond motifs is 3. The van der Waals surface area contributed by atoms with Crippen LogP contribution in [0.25, 0.3) is 16.9 Å². The summed E-state index contributed by atoms with van der Waals surface area (Å²) in [5.41, 5.74) is 5.67. The van der Waals surface area contributed by atoms with Crippen molar-refractivity contribution in [3.05, 3.63) is 65.4 Å². The summed E-state index contributed by atoms with van der Waals surface area (Å²) < 4.78 is 13.1. The van der Waals surface area contributed by atoms with Crippen LogP contribution in [-0.2, 0) is 26.4 Å². The number of rotatable bonds is 10. The van der Waals surface area contributed by atoms with E-state index >= 15 is 0 Å². The van der Waals surface area contributed by atoms with E-state index in [0.717, 1.165) is 53.7 Å². The van der Waals surface area contributed by atoms with Gasteiger partial charge in [0.15, 0.2) is 5.69 Å². The van der Waals surface area contributed by atoms with Crippen LogP contribution in [0, 0.1) is 0 Å². The van der Waals surface area contributed by atoms with Gasteiger partial charge in [0, 0.05) is 48.5 Å². The van der Waals surface area contributed by atoms with E-state index in [2.05, 4.69) is 29.6 Å². The lowest BCUT2D eigenvalue weighted by Crippen LogP contribution is -2.41. The number of hydrogen-bond acceptors (Lipinski definition) is 6. The Morgan fingerprint density at radius 2 is 2.05 bits per heavy atom. The summed E-state index contributed by atoms with van der Waals surface area (Å²) >= 11 is 1.75. The van der Waals surface area contributed by atoms with Crippen molar-refractivity contribution in [2.45, 2.75) is 36.0 Å². The number of amides is 2. The van der Waals surface area contributed by atoms with Crippen LogP contribution in [0.2, 0.25) is 0 Å². The van der Waals surface area contributed by atoms with Gasteiger partial charge in [-0.2, -0.15) is 5.10 Å². The predicted molar refractivity (Wildman–Crippen MR) is 143 cm³/mol. The van der Waals surface area contributed by atoms with Crippen LogP contribution in [0.4, 0.5) is 0 Å². The minimum Gasteiger partial charge on any atom is -0.381 e. The molecule has 3 heterocycles. The van der Waals surface area contributed by atoms with Crippen LogP contribution >= 0.6 is 11.8 Å². The van der Waals surface area contributed by atoms with Crippen LogP contribution in [0.3, 0.4) is 0 Å². The van der Waals surface area contributed by atoms with E-state index in [0.29, 0.717) is 44.3 Å². The molecule has 1 unspecified atom stereocenters. The van der Waals surface area contributed by atoms with Gasteiger partial charge in [0.2, 0.25) is 6.41 Å². The molecule has 37 heavy (non-hydrogen) atoms. The number of nitrogens with one attached hydrogen (secondary N) is 1. The molecule has 194 valence electrons. The Bertz CT molecular complexity index is 1250. The Balaban J connectivity index is 1.49. The lowest BCUT2D eigenvalue weighted by atomic mass is 10.0. The molecule has 0 aliphatic carbocycles. The number of nitrogens with zero attached hydrogens (tertiary/aromatic N) is 3. The molecule has 1 aromatic heterocycles. The molecule has 2 aliphatic rings. The van der Waals surface area contributed by atoms with Crippen LogP contribution < -0.4 is 5.32 Å². The third kappa shape index (κ3) is 5.58. The number of carbonyl (C=O) groups excluding carboxylic acids is 2. The summed E-state index contributed by atoms with van der Waals surface area (Å²) in [6.45, 7) is 2.92. The maximum atomic E-state index is 13.6. The number of morpholine rings is 1. The van der Waals surface area contributed by atoms with Crippen molar-refractivity contribution < 1.29 is 19.1 Å². The number of aromatic nitrogens is 2. The van der Waals surface area contributed by atoms with E-state index in [4.69, 9.17) is 14.6 Å². The number of ether oxygens (including phenoxy) is 2. The lowest BCUT2D eigenvalue weighted by molar-refractivity contribution is -0.109. The highest BCUT2D eigenvalue weighted by Gasteiger charge is 2.32. The van der Waals surface area contributed by atoms with E-state index in [1.54, 1.807) is 18.9 Å². The number of methoxy groups -OCH3 is 1. The molecule has 1 N–H and O–H groups in total. The second-order valence-electron chi connectivity index (χ2n) is 9.22. The number of carbonyl (C=O) groups is 2. The second kappa shape index (κ2) is 11.9. The monoisotopic (exact) mass is 520 g/mol. The Morgan fingerprint density at radius 3 is 2.86 bits per heavy atom. The average molecular weight is 521 g/mol. The van der Waals surface area contributed by atoms with Crippen LogP contribution in [-0.4, -0.2) is 73.1 Å². The van der Waals surface area contributed by atoms with Crippen molar-refractivity contribution in [2.75, 3.05) is 40.0 Å². The molecule has 1 fully saturated rings. The minimum absolute atomic E-state index is 0.0298. The number of hydrogen-bond donors (Lipinski definition) is 1. The summed E-state index contributed by atoms with van der Waals surface area (Å²) in [4.78, 5) is 27.1. The highest BCUT2D eigenvalue weighted by molar-refractivity contribution is 7.98. The molecule has 1 atom stereocenters. The smallest absolute Gasteiger partial charge is 0.274 e. The third-order valence-corrected chi connectivity index (χ3v) is 7.98. The molecule has 1 saturated heterocycles. The fraction of sp³-hybridized carbons (Fsp3) is 0.393. The van der Waals surface area contributed by atoms with E-state index in [1.165, 1.54) is 4.90 Å². The zero-order valence-corrected chi connectivity index (χ0v) is 21.8. The minimum atomic E-state index is -0.0298. The SMILES string of the molecule is COC(CCCNC=O)Cc1cccc(-n2nc(C(=O)N3CCOCC3)c3c2-c2ccccc2SC3)c1. The van der Waals surface area contributed by atoms with Crippen LogP contribution in [0.5, 0.6) is 0 Å². The molecular weight excluding hydrogens is 488 g/mol. The maximum Gasteiger partial charge on any atom is 0.274 e. The first-order valence-electron chi connectivity index (χ1n) is 12.7. The van der Waals surface area contributed by atoms with Gasteiger partial charge in [-0.1, -0.05) is 30.3 Å². The Labute approximate surface area is 221 Å². The van der Waals surface area contributed by atoms with Gasteiger partial charge in [-0.25, -0.2) is 4.68 Å². The maximum absolute atomic E-state index is 13.6. The molecule has 8 nitrogen and oxygen atoms in total. The molecule has 5 rings (SSSR count). The molecule has 2 aliphatic heterocycles. The van der Waals surface area contributed by atoms with Crippen molar-refractivity contribution in [2.24, 2.45) is 0 Å². The lowest BCUT2D eigenvalue weighted by Gasteiger charge is -2.26. The van der Waals surface area contributed by atoms with Gasteiger partial charge in [-0.05, 0) is 43.0 Å². The summed E-state index contributed by atoms with van der Waals surface area (Å²) in [5, 5.41) is 7.65. The molecule has 9 heteroatoms. The summed E-state index contributed by atoms with van der Waals surface area (Å²) in [6.07, 6.45) is 3.23. The van der Waals surface area contributed by atoms with Gasteiger partial charge in [-0.3, -0.25) is 9.59 Å². The van der Waals surface area contributed by atoms with Gasteiger partial charge in [0.25, 0.3) is 5.91 Å². The Morgan fingerprint density at radius 1 is 1.22 bits per heavy atom. The topological polar surface area (TPSA) is 85.7 Å². The van der Waals surface area contributed by atoms with Crippen molar-refractivity contribution in [1.82, 2.24) is 20.0 Å². The van der Waals surface area contributed by atoms with E-state index in [9.17, 15) is 9.59 Å². The van der Waals surface area contributed by atoms with E-state index in [-0.39, 0.29) is 12.0 Å². The quantitative estimate of drug-likeness (QED) is 0.324. The summed E-state index contributed by atoms with van der Waals surface area (Å²) in [5.74, 6) is 0.677. The van der Waals surface area contributed by atoms with Crippen molar-refractivity contribution in [1.29, 1.82) is 0 Å². The third-order valence-electron chi connectivity index (χ3n) is 6.88. The molecule has 2 aromatic carbocycles. The zero-order valence-electron chi connectivity index (χ0n) is 21.0. The predicted octanol–water partition coefficient (Wildman–Crippen LogP) is 3.70. The van der Waals surface area contributed by atoms with Crippen molar-refractivity contribution in [3.8, 4) is 16.9 Å². The second-order valence-corrected chi connectivity index (χ2v) is 10.2. The Kier molecular flexibility index (Phi) is 8.23. The molecule has 2 amide bonds. The first-order valence-corrected chi connectivity index (χ1v) is 13.7. The molecule has 3 aromatic rings. The van der Waals surface area contributed by atoms with Gasteiger partial charge < -0.3 is 19.7 Å². The van der Waals surface area contributed by atoms with Crippen molar-refractivity contribution in [3.63, 3.8) is 0 Å². The van der Waals surface area contributed by atoms with Crippen LogP contribution in [0.15, 0.2) is 53.4 Å². The average Bonchev–Trinajstić information content (AvgIpc) is 3.35. The highest BCUT2D eigenvalue weighted by Crippen LogP contribution is 2.43. The first kappa shape index (κ1) is 25.5. The molecular formula is C28H32N4O4S. The zero-order chi connectivity index (χ0) is 25.6. The molecule has 0 bridgehead atoms. The van der Waals surface area contributed by atoms with Gasteiger partial charge in [0.05, 0.1) is 30.7 Å². The van der Waals surface area contributed by atoms with E-state index in [1.807, 2.05) is 33.8 Å². The largest absolute Gasteiger partial charge is 0.381 e. The Hall–Kier alpha value is -3.14. The fourth-order valence-electron chi connectivity index (χ4n) is 4.95. The normalized spacial score (nSPS) is 15.5. The summed E-state index contributed by atoms with van der Waals surface area (Å²) in [7, 11) is 1.73. The number of thioether (sulfide) groups is 1. The van der Waals surface area contributed by atoms with Gasteiger partial charge in [0.1, 0.15) is 0 Å². The summed E-state index contributed by atoms with van der Waals surface area (Å²) in [6, 6.07) is 16.6. The van der Waals surface area contributed by atoms with Gasteiger partial charge in [-0.15, -0.1) is 11.8 Å². The first-order chi connectivity index (χ1) is 18.2. The van der Waals surface area contributed by atoms with Crippen molar-refractivity contribution >= 4 is 24.1 Å². The molecule has 0 radical (unpaired) electrons. The number of benzene rings is 2. The standard InChI is InChI=1S/C28H32N4O4S/c1-35-22(8-5-11-29-19-33)17-20-6-4-7-21(16-20)32-27-23-9-2-3-10-25(23)37-18-24(27)26(30-32)28(34)31-12-14-36-15-13-31/h2-4,6-7,9-10,16,19,22H,5,8,11-15,17-18H2,1H3,(H,29,33).